The highest BCUT2D eigenvalue weighted by atomic mass is 28.6. The Morgan fingerprint density at radius 1 is 0.222 bits per heavy atom. The Labute approximate surface area is 689 Å². The fourth-order valence-electron chi connectivity index (χ4n) is 15.9. The summed E-state index contributed by atoms with van der Waals surface area (Å²) in [6, 6.07) is 2.77. The van der Waals surface area contributed by atoms with Crippen molar-refractivity contribution in [2.45, 2.75) is 332 Å². The molecule has 27 nitrogen and oxygen atoms in total. The summed E-state index contributed by atoms with van der Waals surface area (Å²) in [6.07, 6.45) is 0.697. The van der Waals surface area contributed by atoms with E-state index in [1.54, 1.807) is 21.3 Å². The van der Waals surface area contributed by atoms with E-state index in [0.29, 0.717) is 27.8 Å². The van der Waals surface area contributed by atoms with Crippen molar-refractivity contribution in [2.24, 2.45) is 0 Å². The highest BCUT2D eigenvalue weighted by Crippen LogP contribution is 2.40. The fraction of sp³-hybridized carbons (Fsp3) is 1.00. The van der Waals surface area contributed by atoms with Crippen LogP contribution in [0.15, 0.2) is 0 Å². The molecule has 0 spiro atoms. The molecule has 108 heavy (non-hydrogen) atoms. The van der Waals surface area contributed by atoms with Gasteiger partial charge in [0.1, 0.15) is 0 Å². The Bertz CT molecular complexity index is 2790. The predicted molar refractivity (Wildman–Crippen MR) is 496 cm³/mol. The van der Waals surface area contributed by atoms with Crippen LogP contribution in [0.5, 0.6) is 0 Å². The molecule has 2 radical (unpaired) electrons. The molecule has 0 amide bonds. The Kier molecular flexibility index (Phi) is 39.7. The Hall–Kier alpha value is 4.56. The Morgan fingerprint density at radius 2 is 0.370 bits per heavy atom. The van der Waals surface area contributed by atoms with E-state index >= 15 is 0 Å². The second kappa shape index (κ2) is 38.8. The molecule has 0 aliphatic carbocycles. The van der Waals surface area contributed by atoms with E-state index in [4.69, 9.17) is 112 Å². The maximum atomic E-state index is 7.16. The van der Waals surface area contributed by atoms with Crippen LogP contribution in [0, 0.1) is 0 Å². The smallest absolute Gasteiger partial charge is 0.436 e. The topological polar surface area (TPSA) is 249 Å². The summed E-state index contributed by atoms with van der Waals surface area (Å²) in [5.74, 6) is 0. The molecule has 1 aliphatic rings. The molecule has 1 aliphatic heterocycles. The lowest BCUT2D eigenvalue weighted by molar-refractivity contribution is 0.124. The summed E-state index contributed by atoms with van der Waals surface area (Å²) < 4.78 is 184. The van der Waals surface area contributed by atoms with Crippen LogP contribution >= 0.6 is 0 Å². The van der Waals surface area contributed by atoms with Crippen molar-refractivity contribution in [3.8, 4) is 0 Å². The van der Waals surface area contributed by atoms with Gasteiger partial charge in [-0.1, -0.05) is 6.55 Å². The number of hydrogen-bond donors (Lipinski definition) is 0. The van der Waals surface area contributed by atoms with Crippen molar-refractivity contribution >= 4 is 224 Å². The van der Waals surface area contributed by atoms with Gasteiger partial charge in [0.05, 0.1) is 9.52 Å². The van der Waals surface area contributed by atoms with Crippen molar-refractivity contribution in [1.29, 1.82) is 0 Å². The zero-order valence-electron chi connectivity index (χ0n) is 77.6. The average molecular weight is 1980 g/mol. The van der Waals surface area contributed by atoms with E-state index < -0.39 is 214 Å². The van der Waals surface area contributed by atoms with Crippen LogP contribution in [-0.2, 0) is 112 Å². The molecule has 1 saturated heterocycles. The molecule has 0 aromatic carbocycles. The van der Waals surface area contributed by atoms with Crippen molar-refractivity contribution in [2.75, 3.05) is 27.6 Å². The second-order valence-corrected chi connectivity index (χ2v) is 130. The molecule has 0 N–H and O–H groups in total. The number of rotatable bonds is 50. The van der Waals surface area contributed by atoms with E-state index in [9.17, 15) is 0 Å². The van der Waals surface area contributed by atoms with Crippen LogP contribution in [0.2, 0.25) is 332 Å². The number of hydrogen-bond acceptors (Lipinski definition) is 27. The monoisotopic (exact) mass is 1980 g/mol. The lowest BCUT2D eigenvalue weighted by Crippen LogP contribution is -2.66. The molecular weight excluding hydrogens is 1820 g/mol. The highest BCUT2D eigenvalue weighted by Gasteiger charge is 2.59. The van der Waals surface area contributed by atoms with Gasteiger partial charge in [0, 0.05) is 33.6 Å². The maximum absolute atomic E-state index is 7.16. The van der Waals surface area contributed by atoms with Crippen molar-refractivity contribution < 1.29 is 112 Å². The van der Waals surface area contributed by atoms with E-state index in [1.165, 1.54) is 0 Å². The van der Waals surface area contributed by atoms with E-state index in [1.807, 2.05) is 0 Å². The first-order valence-electron chi connectivity index (χ1n) is 38.0. The van der Waals surface area contributed by atoms with Gasteiger partial charge >= 0.3 is 206 Å². The SMILES string of the molecule is CO[Si](CC[Si]1(C)O[Si](C)(C)O[Si](C)(CC[Si](C)(C)O[Si](C)(C)O[Si](C)(C)O[Si](C)(C)O[Si](C)(C)O[Si](C)(C)O[Si](C)(C)O[Si](C)(C)O[Si](C)(C)O[Si](C)(C)O[Si](C)(C)O[Si](C)(C)O[Si](C)(C)O[Si](C)(C)O[Si](C)(C)O[Si](C)(C)O[Si](C)(C)O[Si](C)(C)O[Si](C)(C)O[Si](C)(C)OC[Si]C)O[Si](C)(C)O1)(OC)OC. The minimum absolute atomic E-state index is 0.572. The van der Waals surface area contributed by atoms with Gasteiger partial charge in [-0.2, -0.15) is 0 Å². The molecular formula is C55H160O27Si26. The van der Waals surface area contributed by atoms with Gasteiger partial charge in [-0.15, -0.1) is 0 Å². The van der Waals surface area contributed by atoms with Gasteiger partial charge in [0.25, 0.3) is 0 Å². The molecule has 0 bridgehead atoms. The first-order valence-corrected chi connectivity index (χ1v) is 109. The van der Waals surface area contributed by atoms with Gasteiger partial charge in [0.15, 0.2) is 8.32 Å². The Morgan fingerprint density at radius 3 is 0.528 bits per heavy atom. The van der Waals surface area contributed by atoms with E-state index in [0.717, 1.165) is 12.1 Å². The summed E-state index contributed by atoms with van der Waals surface area (Å²) >= 11 is 0. The molecule has 0 atom stereocenters. The van der Waals surface area contributed by atoms with Crippen LogP contribution in [0.3, 0.4) is 0 Å². The van der Waals surface area contributed by atoms with Crippen LogP contribution in [-0.4, -0.2) is 251 Å². The molecule has 0 aromatic rings. The summed E-state index contributed by atoms with van der Waals surface area (Å²) in [4.78, 5) is 0. The third-order valence-electron chi connectivity index (χ3n) is 14.8. The van der Waals surface area contributed by atoms with Crippen LogP contribution in [0.4, 0.5) is 0 Å². The highest BCUT2D eigenvalue weighted by molar-refractivity contribution is 6.98. The molecule has 53 heteroatoms. The van der Waals surface area contributed by atoms with Crippen LogP contribution in [0.1, 0.15) is 0 Å². The third-order valence-corrected chi connectivity index (χ3v) is 114. The summed E-state index contributed by atoms with van der Waals surface area (Å²) in [5, 5.41) is 0. The molecule has 0 aromatic heterocycles. The first kappa shape index (κ1) is 111. The van der Waals surface area contributed by atoms with Crippen molar-refractivity contribution in [1.82, 2.24) is 0 Å². The third kappa shape index (κ3) is 45.6. The quantitative estimate of drug-likeness (QED) is 0.0513. The molecule has 1 rings (SSSR count). The minimum Gasteiger partial charge on any atom is -0.436 e. The minimum atomic E-state index is -2.91. The summed E-state index contributed by atoms with van der Waals surface area (Å²) in [5.41, 5.74) is 0. The van der Waals surface area contributed by atoms with Crippen LogP contribution in [0.25, 0.3) is 0 Å². The molecule has 1 heterocycles. The standard InChI is InChI=1S/C55H160O27Si26/c1-56-108(57-2,58-3)54-53-107(50)81-104(45,46)79-106(49,80-105(47,48)82-107)52-51-84(5,6)60-86(9,10)62-88(13,14)64-90(17,18)66-92(21,22)68-94(25,26)70-96(29,30)72-98(33,34)74-100(37,38)76-102(41,42)78-103(43,44)77-101(39,40)75-99(35,36)73-97(31,32)71-95(27,28)69-93(23,24)67-91(19,20)65-89(15,16)63-87(11,12)61-85(7,8)59-55-83-4/h51-55H2,1-50H3. The van der Waals surface area contributed by atoms with E-state index in [-0.39, 0.29) is 0 Å². The van der Waals surface area contributed by atoms with Gasteiger partial charge in [-0.05, 0) is 319 Å². The predicted octanol–water partition coefficient (Wildman–Crippen LogP) is 18.1. The van der Waals surface area contributed by atoms with Gasteiger partial charge in [0.2, 0.25) is 0 Å². The second-order valence-electron chi connectivity index (χ2n) is 38.7. The molecule has 0 saturated carbocycles. The molecule has 0 unspecified atom stereocenters. The largest absolute Gasteiger partial charge is 0.500 e. The summed E-state index contributed by atoms with van der Waals surface area (Å²) in [7, 11) is -64.4. The molecule has 1 fully saturated rings. The zero-order valence-corrected chi connectivity index (χ0v) is 104. The zero-order chi connectivity index (χ0) is 85.8. The van der Waals surface area contributed by atoms with Gasteiger partial charge in [-0.3, -0.25) is 0 Å². The van der Waals surface area contributed by atoms with Gasteiger partial charge in [-0.25, -0.2) is 0 Å². The Balaban J connectivity index is 3.04. The average Bonchev–Trinajstić information content (AvgIpc) is 0.779. The first-order chi connectivity index (χ1) is 46.9. The lowest BCUT2D eigenvalue weighted by atomic mass is 10.9. The van der Waals surface area contributed by atoms with Gasteiger partial charge < -0.3 is 112 Å². The lowest BCUT2D eigenvalue weighted by Gasteiger charge is -2.49. The normalized spacial score (nSPS) is 20.2. The maximum Gasteiger partial charge on any atom is 0.500 e. The fourth-order valence-corrected chi connectivity index (χ4v) is 148. The van der Waals surface area contributed by atoms with E-state index in [2.05, 4.69) is 308 Å². The summed E-state index contributed by atoms with van der Waals surface area (Å²) in [6.45, 7) is 97.8. The van der Waals surface area contributed by atoms with Crippen molar-refractivity contribution in [3.63, 3.8) is 0 Å². The molecule has 646 valence electrons. The van der Waals surface area contributed by atoms with Crippen LogP contribution < -0.4 is 0 Å². The van der Waals surface area contributed by atoms with Crippen molar-refractivity contribution in [3.05, 3.63) is 0 Å².